The molecule has 0 saturated heterocycles. The van der Waals surface area contributed by atoms with Gasteiger partial charge in [0.1, 0.15) is 7.05 Å². The third kappa shape index (κ3) is 5.16. The molecule has 4 aromatic rings. The summed E-state index contributed by atoms with van der Waals surface area (Å²) in [7, 11) is 2.18. The quantitative estimate of drug-likeness (QED) is 0.205. The molecule has 0 aliphatic carbocycles. The van der Waals surface area contributed by atoms with Crippen molar-refractivity contribution in [1.29, 1.82) is 0 Å². The van der Waals surface area contributed by atoms with Crippen LogP contribution in [0.25, 0.3) is 21.5 Å². The summed E-state index contributed by atoms with van der Waals surface area (Å²) in [6, 6.07) is 26.3. The van der Waals surface area contributed by atoms with Crippen LogP contribution in [0.4, 0.5) is 11.4 Å². The Kier molecular flexibility index (Phi) is 8.28. The summed E-state index contributed by atoms with van der Waals surface area (Å²) in [5, 5.41) is 14.2. The van der Waals surface area contributed by atoms with E-state index in [0.29, 0.717) is 6.42 Å². The third-order valence-electron chi connectivity index (χ3n) is 9.43. The normalized spacial score (nSPS) is 17.6. The van der Waals surface area contributed by atoms with E-state index in [1.54, 1.807) is 0 Å². The summed E-state index contributed by atoms with van der Waals surface area (Å²) in [5.41, 5.74) is 7.55. The minimum atomic E-state index is -0.715. The standard InChI is InChI=1S/C38H40N2O2.ClH/c1-37(2)32(39(5)30-23-21-26-14-8-10-16-28(26)35(30)37)18-13-19-33-38(3,4)36-29-17-11-9-15-27(29)22-24-31(36)40(33)25-12-6-7-20-34(41)42;/h8-11,13-19,21-24H,6-7,12,20,25H2,1-5H3;1H. The largest absolute Gasteiger partial charge is 1.00 e. The highest BCUT2D eigenvalue weighted by atomic mass is 35.5. The molecular weight excluding hydrogens is 552 g/mol. The fourth-order valence-electron chi connectivity index (χ4n) is 7.42. The molecule has 5 heteroatoms. The zero-order chi connectivity index (χ0) is 29.6. The minimum absolute atomic E-state index is 0. The van der Waals surface area contributed by atoms with Crippen molar-refractivity contribution in [2.75, 3.05) is 18.5 Å². The number of aliphatic carboxylic acids is 1. The lowest BCUT2D eigenvalue weighted by atomic mass is 9.79. The smallest absolute Gasteiger partial charge is 0.303 e. The maximum atomic E-state index is 11.0. The Hall–Kier alpha value is -3.89. The van der Waals surface area contributed by atoms with Crippen LogP contribution in [0.1, 0.15) is 64.5 Å². The highest BCUT2D eigenvalue weighted by molar-refractivity contribution is 6.07. The molecule has 0 unspecified atom stereocenters. The van der Waals surface area contributed by atoms with E-state index < -0.39 is 5.97 Å². The topological polar surface area (TPSA) is 43.5 Å². The molecule has 0 fully saturated rings. The fourth-order valence-corrected chi connectivity index (χ4v) is 7.42. The Morgan fingerprint density at radius 2 is 1.44 bits per heavy atom. The number of halogens is 1. The van der Waals surface area contributed by atoms with Gasteiger partial charge in [0.15, 0.2) is 5.71 Å². The van der Waals surface area contributed by atoms with Crippen molar-refractivity contribution in [2.45, 2.75) is 64.2 Å². The second-order valence-electron chi connectivity index (χ2n) is 12.8. The first-order valence-electron chi connectivity index (χ1n) is 15.2. The molecule has 0 bridgehead atoms. The van der Waals surface area contributed by atoms with E-state index >= 15 is 0 Å². The molecule has 43 heavy (non-hydrogen) atoms. The lowest BCUT2D eigenvalue weighted by molar-refractivity contribution is -0.401. The number of allylic oxidation sites excluding steroid dienone is 4. The minimum Gasteiger partial charge on any atom is -1.00 e. The van der Waals surface area contributed by atoms with Gasteiger partial charge in [-0.3, -0.25) is 4.79 Å². The van der Waals surface area contributed by atoms with Crippen LogP contribution in [0, 0.1) is 0 Å². The lowest BCUT2D eigenvalue weighted by Crippen LogP contribution is -3.00. The van der Waals surface area contributed by atoms with Crippen LogP contribution < -0.4 is 17.3 Å². The highest BCUT2D eigenvalue weighted by Gasteiger charge is 2.44. The maximum Gasteiger partial charge on any atom is 0.303 e. The van der Waals surface area contributed by atoms with Crippen LogP contribution in [0.5, 0.6) is 0 Å². The molecule has 6 rings (SSSR count). The number of rotatable bonds is 8. The lowest BCUT2D eigenvalue weighted by Gasteiger charge is -2.27. The van der Waals surface area contributed by atoms with Gasteiger partial charge in [-0.1, -0.05) is 80.9 Å². The molecule has 222 valence electrons. The molecule has 4 aromatic carbocycles. The van der Waals surface area contributed by atoms with Crippen LogP contribution in [-0.4, -0.2) is 35.0 Å². The molecule has 1 N–H and O–H groups in total. The van der Waals surface area contributed by atoms with Gasteiger partial charge in [0.25, 0.3) is 0 Å². The number of carboxylic acid groups (broad SMARTS) is 1. The van der Waals surface area contributed by atoms with Crippen molar-refractivity contribution in [1.82, 2.24) is 0 Å². The van der Waals surface area contributed by atoms with E-state index in [0.717, 1.165) is 19.4 Å². The van der Waals surface area contributed by atoms with Gasteiger partial charge in [-0.05, 0) is 72.0 Å². The highest BCUT2D eigenvalue weighted by Crippen LogP contribution is 2.51. The van der Waals surface area contributed by atoms with Gasteiger partial charge in [-0.25, -0.2) is 0 Å². The fraction of sp³-hybridized carbons (Fsp3) is 0.316. The molecule has 0 atom stereocenters. The molecule has 0 saturated carbocycles. The van der Waals surface area contributed by atoms with Crippen molar-refractivity contribution < 1.29 is 26.9 Å². The van der Waals surface area contributed by atoms with Gasteiger partial charge in [-0.2, -0.15) is 4.58 Å². The molecule has 0 aromatic heterocycles. The maximum absolute atomic E-state index is 11.0. The zero-order valence-corrected chi connectivity index (χ0v) is 26.6. The van der Waals surface area contributed by atoms with Gasteiger partial charge in [0.2, 0.25) is 5.69 Å². The Balaban J connectivity index is 0.00000368. The molecule has 0 radical (unpaired) electrons. The van der Waals surface area contributed by atoms with Gasteiger partial charge in [0, 0.05) is 47.5 Å². The summed E-state index contributed by atoms with van der Waals surface area (Å²) < 4.78 is 2.35. The van der Waals surface area contributed by atoms with Crippen molar-refractivity contribution in [3.8, 4) is 0 Å². The van der Waals surface area contributed by atoms with E-state index in [2.05, 4.69) is 135 Å². The summed E-state index contributed by atoms with van der Waals surface area (Å²) >= 11 is 0. The summed E-state index contributed by atoms with van der Waals surface area (Å²) in [6.45, 7) is 10.2. The first kappa shape index (κ1) is 30.6. The number of carboxylic acids is 1. The van der Waals surface area contributed by atoms with E-state index in [1.165, 1.54) is 55.5 Å². The predicted octanol–water partition coefficient (Wildman–Crippen LogP) is 5.89. The van der Waals surface area contributed by atoms with Crippen molar-refractivity contribution in [3.05, 3.63) is 108 Å². The molecular formula is C38H41ClN2O2. The third-order valence-corrected chi connectivity index (χ3v) is 9.43. The predicted molar refractivity (Wildman–Crippen MR) is 175 cm³/mol. The number of benzene rings is 4. The molecule has 0 amide bonds. The number of carbonyl (C=O) groups is 1. The molecule has 2 heterocycles. The van der Waals surface area contributed by atoms with Crippen LogP contribution in [0.3, 0.4) is 0 Å². The zero-order valence-electron chi connectivity index (χ0n) is 25.8. The van der Waals surface area contributed by atoms with Crippen LogP contribution in [0.15, 0.2) is 96.7 Å². The molecule has 4 nitrogen and oxygen atoms in total. The van der Waals surface area contributed by atoms with Gasteiger partial charge in [0.05, 0.1) is 5.41 Å². The summed E-state index contributed by atoms with van der Waals surface area (Å²) in [6.07, 6.45) is 9.64. The van der Waals surface area contributed by atoms with Gasteiger partial charge < -0.3 is 22.4 Å². The first-order chi connectivity index (χ1) is 20.1. The SMILES string of the molecule is C[N+]1=C(/C=C/C=C2/N(CCCCCC(=O)O)c3ccc4ccccc4c3C2(C)C)C(C)(C)c2c1ccc1ccccc21.[Cl-]. The van der Waals surface area contributed by atoms with Gasteiger partial charge >= 0.3 is 5.97 Å². The van der Waals surface area contributed by atoms with Gasteiger partial charge in [-0.15, -0.1) is 0 Å². The second-order valence-corrected chi connectivity index (χ2v) is 12.8. The van der Waals surface area contributed by atoms with Crippen LogP contribution in [0.2, 0.25) is 0 Å². The summed E-state index contributed by atoms with van der Waals surface area (Å²) in [4.78, 5) is 13.5. The summed E-state index contributed by atoms with van der Waals surface area (Å²) in [5.74, 6) is -0.715. The molecule has 2 aliphatic heterocycles. The second kappa shape index (κ2) is 11.7. The Labute approximate surface area is 261 Å². The Bertz CT molecular complexity index is 1810. The van der Waals surface area contributed by atoms with Crippen LogP contribution >= 0.6 is 0 Å². The monoisotopic (exact) mass is 592 g/mol. The number of hydrogen-bond donors (Lipinski definition) is 1. The number of fused-ring (bicyclic) bond motifs is 6. The Morgan fingerprint density at radius 3 is 2.12 bits per heavy atom. The average Bonchev–Trinajstić information content (AvgIpc) is 3.31. The van der Waals surface area contributed by atoms with Crippen molar-refractivity contribution in [3.63, 3.8) is 0 Å². The molecule has 0 spiro atoms. The number of anilines is 1. The van der Waals surface area contributed by atoms with E-state index in [4.69, 9.17) is 5.11 Å². The van der Waals surface area contributed by atoms with E-state index in [1.807, 2.05) is 0 Å². The average molecular weight is 593 g/mol. The van der Waals surface area contributed by atoms with E-state index in [9.17, 15) is 4.79 Å². The van der Waals surface area contributed by atoms with Crippen molar-refractivity contribution in [2.24, 2.45) is 0 Å². The number of hydrogen-bond acceptors (Lipinski definition) is 2. The Morgan fingerprint density at radius 1 is 0.814 bits per heavy atom. The van der Waals surface area contributed by atoms with Crippen LogP contribution in [-0.2, 0) is 15.6 Å². The molecule has 2 aliphatic rings. The van der Waals surface area contributed by atoms with Crippen molar-refractivity contribution >= 4 is 44.6 Å². The number of unbranched alkanes of at least 4 members (excludes halogenated alkanes) is 2. The van der Waals surface area contributed by atoms with E-state index in [-0.39, 0.29) is 29.7 Å². The number of nitrogens with zero attached hydrogens (tertiary/aromatic N) is 2. The first-order valence-corrected chi connectivity index (χ1v) is 15.2.